The number of carbonyl (C=O) groups is 4. The molecule has 13 nitrogen and oxygen atoms in total. The Morgan fingerprint density at radius 2 is 1.58 bits per heavy atom. The fourth-order valence-corrected chi connectivity index (χ4v) is 9.52. The van der Waals surface area contributed by atoms with Gasteiger partial charge in [0.25, 0.3) is 5.91 Å². The van der Waals surface area contributed by atoms with Crippen molar-refractivity contribution < 1.29 is 42.3 Å². The Bertz CT molecular complexity index is 2350. The molecule has 4 aromatic rings. The summed E-state index contributed by atoms with van der Waals surface area (Å²) in [6, 6.07) is 12.0. The van der Waals surface area contributed by atoms with Crippen molar-refractivity contribution in [3.63, 3.8) is 0 Å². The van der Waals surface area contributed by atoms with Crippen LogP contribution in [0.15, 0.2) is 60.1 Å². The van der Waals surface area contributed by atoms with Crippen LogP contribution in [0.25, 0.3) is 10.4 Å². The number of hydrogen-bond donors (Lipinski definition) is 5. The number of β-amino-alcohol motifs (C(OH)–C–C–N with tert-alkyl or cyclic N) is 1. The maximum atomic E-state index is 14.7. The highest BCUT2D eigenvalue weighted by Gasteiger charge is 2.44. The first-order chi connectivity index (χ1) is 32.8. The van der Waals surface area contributed by atoms with Gasteiger partial charge in [0.15, 0.2) is 11.6 Å². The molecule has 4 amide bonds. The molecular weight excluding hydrogens is 1020 g/mol. The van der Waals surface area contributed by atoms with Gasteiger partial charge in [-0.2, -0.15) is 0 Å². The summed E-state index contributed by atoms with van der Waals surface area (Å²) in [6.07, 6.45) is 8.12. The van der Waals surface area contributed by atoms with Gasteiger partial charge in [-0.05, 0) is 116 Å². The molecule has 1 fully saturated rings. The van der Waals surface area contributed by atoms with Crippen LogP contribution >= 0.6 is 33.9 Å². The van der Waals surface area contributed by atoms with Crippen molar-refractivity contribution >= 4 is 68.9 Å². The third-order valence-corrected chi connectivity index (χ3v) is 13.9. The number of likely N-dealkylation sites (tertiary alicyclic amines) is 1. The molecule has 5 rings (SSSR count). The number of aliphatic hydroxyl groups excluding tert-OH is 1. The molecule has 1 aliphatic rings. The van der Waals surface area contributed by atoms with Crippen molar-refractivity contribution in [1.82, 2.24) is 30.9 Å². The Morgan fingerprint density at radius 1 is 0.913 bits per heavy atom. The molecule has 1 aromatic heterocycles. The van der Waals surface area contributed by atoms with Gasteiger partial charge in [-0.25, -0.2) is 23.6 Å². The van der Waals surface area contributed by atoms with Crippen LogP contribution < -0.4 is 21.4 Å². The van der Waals surface area contributed by atoms with E-state index in [-0.39, 0.29) is 61.0 Å². The molecule has 0 radical (unpaired) electrons. The molecule has 0 unspecified atom stereocenters. The lowest BCUT2D eigenvalue weighted by molar-refractivity contribution is -0.144. The lowest BCUT2D eigenvalue weighted by Crippen LogP contribution is -2.57. The molecule has 3 aromatic carbocycles. The first-order valence-electron chi connectivity index (χ1n) is 23.7. The van der Waals surface area contributed by atoms with E-state index in [1.54, 1.807) is 17.4 Å². The van der Waals surface area contributed by atoms with Crippen LogP contribution in [0.4, 0.5) is 24.5 Å². The van der Waals surface area contributed by atoms with Gasteiger partial charge >= 0.3 is 0 Å². The zero-order valence-electron chi connectivity index (χ0n) is 40.4. The summed E-state index contributed by atoms with van der Waals surface area (Å²) in [5.74, 6) is -4.91. The zero-order chi connectivity index (χ0) is 50.3. The van der Waals surface area contributed by atoms with Crippen molar-refractivity contribution in [2.75, 3.05) is 38.6 Å². The molecule has 5 N–H and O–H groups in total. The van der Waals surface area contributed by atoms with Gasteiger partial charge in [-0.15, -0.1) is 11.3 Å². The Morgan fingerprint density at radius 3 is 2.23 bits per heavy atom. The molecule has 376 valence electrons. The minimum atomic E-state index is -1.31. The standard InChI is InChI=1S/C51H67F3IN7O6S/c1-32(34-17-19-35(20-18-34)46-33(2)56-31-69-46)57-49(66)42-29-37(63)30-62(42)50(67)47(51(3,4)5)59-43(64)16-13-11-9-7-8-10-12-14-25-61(6)26-15-27-68-60-48(65)38-22-23-39(52)44(54)45(38)58-41-24-21-36(55)28-40(41)53/h17-24,28,31-32,37,42,47,58,63H,7-16,25-27,29-30H2,1-6H3,(H,57,66)(H,59,64)(H,60,65)/t32-,37+,42-,47+/m0/s1. The van der Waals surface area contributed by atoms with Crippen LogP contribution in [0.5, 0.6) is 0 Å². The second-order valence-electron chi connectivity index (χ2n) is 18.9. The largest absolute Gasteiger partial charge is 0.391 e. The fourth-order valence-electron chi connectivity index (χ4n) is 8.25. The minimum Gasteiger partial charge on any atom is -0.391 e. The quantitative estimate of drug-likeness (QED) is 0.0247. The molecule has 0 bridgehead atoms. The number of benzene rings is 3. The molecule has 0 aliphatic carbocycles. The van der Waals surface area contributed by atoms with E-state index in [1.807, 2.05) is 94.0 Å². The van der Waals surface area contributed by atoms with E-state index in [0.29, 0.717) is 16.4 Å². The van der Waals surface area contributed by atoms with Gasteiger partial charge in [0, 0.05) is 29.5 Å². The number of rotatable bonds is 25. The maximum Gasteiger partial charge on any atom is 0.277 e. The molecule has 0 spiro atoms. The van der Waals surface area contributed by atoms with Crippen molar-refractivity contribution in [3.8, 4) is 10.4 Å². The SMILES string of the molecule is Cc1ncsc1-c1ccc([C@H](C)NC(=O)[C@@H]2C[C@@H](O)CN2C(=O)[C@@H](NC(=O)CCCCCCCCCCN(C)CCCONC(=O)c2ccc(F)c(F)c2Nc2ccc(I)cc2F)C(C)(C)C)cc1. The average molecular weight is 1090 g/mol. The molecule has 18 heteroatoms. The lowest BCUT2D eigenvalue weighted by Gasteiger charge is -2.35. The Kier molecular flexibility index (Phi) is 21.3. The van der Waals surface area contributed by atoms with Gasteiger partial charge in [0.05, 0.1) is 51.8 Å². The number of unbranched alkanes of at least 4 members (excludes halogenated alkanes) is 7. The summed E-state index contributed by atoms with van der Waals surface area (Å²) in [5, 5.41) is 19.1. The number of hydrogen-bond acceptors (Lipinski definition) is 10. The number of amides is 4. The van der Waals surface area contributed by atoms with Gasteiger partial charge < -0.3 is 30.9 Å². The van der Waals surface area contributed by atoms with E-state index in [1.165, 1.54) is 17.0 Å². The van der Waals surface area contributed by atoms with Crippen LogP contribution in [0, 0.1) is 33.4 Å². The number of halogens is 4. The van der Waals surface area contributed by atoms with Gasteiger partial charge in [0.1, 0.15) is 17.9 Å². The van der Waals surface area contributed by atoms with Crippen molar-refractivity contribution in [2.45, 2.75) is 129 Å². The van der Waals surface area contributed by atoms with Crippen LogP contribution in [0.1, 0.15) is 126 Å². The number of nitrogens with one attached hydrogen (secondary N) is 4. The number of nitrogens with zero attached hydrogens (tertiary/aromatic N) is 3. The fraction of sp³-hybridized carbons (Fsp3) is 0.510. The van der Waals surface area contributed by atoms with Gasteiger partial charge in [-0.3, -0.25) is 24.0 Å². The molecule has 4 atom stereocenters. The second-order valence-corrected chi connectivity index (χ2v) is 21.0. The summed E-state index contributed by atoms with van der Waals surface area (Å²) in [6.45, 7) is 11.3. The number of aromatic nitrogens is 1. The molecule has 2 heterocycles. The predicted molar refractivity (Wildman–Crippen MR) is 272 cm³/mol. The van der Waals surface area contributed by atoms with E-state index in [2.05, 4.69) is 31.3 Å². The van der Waals surface area contributed by atoms with Crippen molar-refractivity contribution in [1.29, 1.82) is 0 Å². The van der Waals surface area contributed by atoms with Crippen molar-refractivity contribution in [3.05, 3.63) is 98.0 Å². The summed E-state index contributed by atoms with van der Waals surface area (Å²) in [7, 11) is 2.01. The number of aryl methyl sites for hydroxylation is 1. The first-order valence-corrected chi connectivity index (χ1v) is 25.7. The lowest BCUT2D eigenvalue weighted by atomic mass is 9.85. The van der Waals surface area contributed by atoms with Gasteiger partial charge in [0.2, 0.25) is 17.7 Å². The van der Waals surface area contributed by atoms with Crippen LogP contribution in [-0.2, 0) is 19.2 Å². The monoisotopic (exact) mass is 1090 g/mol. The number of thiazole rings is 1. The highest BCUT2D eigenvalue weighted by molar-refractivity contribution is 14.1. The molecular formula is C51H67F3IN7O6S. The van der Waals surface area contributed by atoms with E-state index >= 15 is 0 Å². The number of hydroxylamine groups is 1. The molecule has 1 saturated heterocycles. The Labute approximate surface area is 421 Å². The third kappa shape index (κ3) is 16.5. The maximum absolute atomic E-state index is 14.7. The highest BCUT2D eigenvalue weighted by atomic mass is 127. The van der Waals surface area contributed by atoms with E-state index in [9.17, 15) is 37.5 Å². The number of aliphatic hydroxyl groups is 1. The van der Waals surface area contributed by atoms with E-state index in [0.717, 1.165) is 91.9 Å². The minimum absolute atomic E-state index is 0.0143. The van der Waals surface area contributed by atoms with E-state index in [4.69, 9.17) is 4.84 Å². The third-order valence-electron chi connectivity index (χ3n) is 12.2. The Balaban J connectivity index is 0.925. The summed E-state index contributed by atoms with van der Waals surface area (Å²) in [5.41, 5.74) is 5.53. The molecule has 0 saturated carbocycles. The summed E-state index contributed by atoms with van der Waals surface area (Å²) >= 11 is 3.50. The molecule has 1 aliphatic heterocycles. The first kappa shape index (κ1) is 55.3. The second kappa shape index (κ2) is 26.5. The normalized spacial score (nSPS) is 15.8. The predicted octanol–water partition coefficient (Wildman–Crippen LogP) is 9.75. The van der Waals surface area contributed by atoms with Crippen LogP contribution in [-0.4, -0.2) is 95.0 Å². The number of carbonyl (C=O) groups excluding carboxylic acids is 4. The van der Waals surface area contributed by atoms with Crippen LogP contribution in [0.2, 0.25) is 0 Å². The van der Waals surface area contributed by atoms with Crippen molar-refractivity contribution in [2.24, 2.45) is 5.41 Å². The summed E-state index contributed by atoms with van der Waals surface area (Å²) < 4.78 is 43.8. The van der Waals surface area contributed by atoms with E-state index < -0.39 is 52.6 Å². The highest BCUT2D eigenvalue weighted by Crippen LogP contribution is 2.31. The topological polar surface area (TPSA) is 165 Å². The number of anilines is 2. The smallest absolute Gasteiger partial charge is 0.277 e. The Hall–Kier alpha value is -4.63. The van der Waals surface area contributed by atoms with Crippen LogP contribution in [0.3, 0.4) is 0 Å². The molecule has 69 heavy (non-hydrogen) atoms. The summed E-state index contributed by atoms with van der Waals surface area (Å²) in [4.78, 5) is 68.0. The average Bonchev–Trinajstić information content (AvgIpc) is 3.92. The van der Waals surface area contributed by atoms with Gasteiger partial charge in [-0.1, -0.05) is 83.6 Å². The zero-order valence-corrected chi connectivity index (χ0v) is 43.4.